The van der Waals surface area contributed by atoms with Crippen molar-refractivity contribution in [3.63, 3.8) is 0 Å². The Labute approximate surface area is 107 Å². The van der Waals surface area contributed by atoms with Gasteiger partial charge in [0.1, 0.15) is 11.3 Å². The molecule has 0 aliphatic carbocycles. The number of aromatic hydroxyl groups is 1. The molecule has 98 valence electrons. The normalized spacial score (nSPS) is 10.3. The first-order valence-corrected chi connectivity index (χ1v) is 5.26. The lowest BCUT2D eigenvalue weighted by Crippen LogP contribution is -2.05. The fourth-order valence-corrected chi connectivity index (χ4v) is 1.68. The predicted octanol–water partition coefficient (Wildman–Crippen LogP) is 2.52. The summed E-state index contributed by atoms with van der Waals surface area (Å²) in [4.78, 5) is 15.3. The predicted molar refractivity (Wildman–Crippen MR) is 62.6 cm³/mol. The first-order chi connectivity index (χ1) is 9.06. The Balaban J connectivity index is 2.72. The van der Waals surface area contributed by atoms with Crippen molar-refractivity contribution in [2.75, 3.05) is 7.11 Å². The zero-order chi connectivity index (χ0) is 14.0. The highest BCUT2D eigenvalue weighted by atomic mass is 19.2. The largest absolute Gasteiger partial charge is 0.505 e. The van der Waals surface area contributed by atoms with Gasteiger partial charge >= 0.3 is 5.97 Å². The van der Waals surface area contributed by atoms with E-state index in [1.165, 1.54) is 12.1 Å². The minimum Gasteiger partial charge on any atom is -0.505 e. The number of carbonyl (C=O) groups excluding carboxylic acids is 1. The Hall–Kier alpha value is -2.50. The molecule has 0 aliphatic heterocycles. The molecular weight excluding hydrogens is 256 g/mol. The number of aromatic nitrogens is 1. The van der Waals surface area contributed by atoms with Crippen LogP contribution in [0.5, 0.6) is 5.75 Å². The van der Waals surface area contributed by atoms with Gasteiger partial charge in [0.25, 0.3) is 0 Å². The maximum Gasteiger partial charge on any atom is 0.342 e. The molecule has 1 heterocycles. The van der Waals surface area contributed by atoms with Crippen LogP contribution in [0.25, 0.3) is 11.1 Å². The van der Waals surface area contributed by atoms with Crippen molar-refractivity contribution in [1.82, 2.24) is 4.98 Å². The smallest absolute Gasteiger partial charge is 0.342 e. The van der Waals surface area contributed by atoms with E-state index in [4.69, 9.17) is 0 Å². The zero-order valence-electron chi connectivity index (χ0n) is 9.85. The van der Waals surface area contributed by atoms with Gasteiger partial charge in [-0.2, -0.15) is 0 Å². The van der Waals surface area contributed by atoms with Crippen molar-refractivity contribution in [3.8, 4) is 16.9 Å². The third kappa shape index (κ3) is 2.24. The molecule has 0 amide bonds. The fraction of sp³-hybridized carbons (Fsp3) is 0.0769. The number of methoxy groups -OCH3 is 1. The number of nitrogens with zero attached hydrogens (tertiary/aromatic N) is 1. The van der Waals surface area contributed by atoms with E-state index in [2.05, 4.69) is 9.72 Å². The van der Waals surface area contributed by atoms with E-state index < -0.39 is 23.4 Å². The zero-order valence-corrected chi connectivity index (χ0v) is 9.85. The van der Waals surface area contributed by atoms with E-state index in [-0.39, 0.29) is 16.7 Å². The minimum absolute atomic E-state index is 0.0381. The molecule has 6 heteroatoms. The maximum absolute atomic E-state index is 13.7. The third-order valence-corrected chi connectivity index (χ3v) is 2.56. The topological polar surface area (TPSA) is 59.4 Å². The minimum atomic E-state index is -1.12. The molecule has 1 aromatic heterocycles. The molecule has 0 bridgehead atoms. The summed E-state index contributed by atoms with van der Waals surface area (Å²) in [6, 6.07) is 3.52. The number of ether oxygens (including phenoxy) is 1. The van der Waals surface area contributed by atoms with Gasteiger partial charge in [-0.1, -0.05) is 12.1 Å². The van der Waals surface area contributed by atoms with Crippen molar-refractivity contribution < 1.29 is 23.4 Å². The summed E-state index contributed by atoms with van der Waals surface area (Å²) >= 11 is 0. The van der Waals surface area contributed by atoms with E-state index in [1.54, 1.807) is 0 Å². The average Bonchev–Trinajstić information content (AvgIpc) is 2.41. The van der Waals surface area contributed by atoms with E-state index in [0.29, 0.717) is 0 Å². The van der Waals surface area contributed by atoms with Crippen LogP contribution in [0.3, 0.4) is 0 Å². The van der Waals surface area contributed by atoms with Gasteiger partial charge in [0, 0.05) is 17.3 Å². The molecule has 2 rings (SSSR count). The number of carbonyl (C=O) groups is 1. The lowest BCUT2D eigenvalue weighted by Gasteiger charge is -2.10. The van der Waals surface area contributed by atoms with Crippen LogP contribution >= 0.6 is 0 Å². The Bertz CT molecular complexity index is 644. The van der Waals surface area contributed by atoms with Crippen LogP contribution in [0.2, 0.25) is 0 Å². The van der Waals surface area contributed by atoms with Crippen LogP contribution in [-0.4, -0.2) is 23.2 Å². The highest BCUT2D eigenvalue weighted by Gasteiger charge is 2.21. The van der Waals surface area contributed by atoms with Crippen LogP contribution in [-0.2, 0) is 4.74 Å². The Morgan fingerprint density at radius 2 is 2.00 bits per heavy atom. The molecule has 1 N–H and O–H groups in total. The molecule has 0 aliphatic rings. The van der Waals surface area contributed by atoms with Gasteiger partial charge in [0.15, 0.2) is 11.6 Å². The molecule has 0 unspecified atom stereocenters. The standard InChI is InChI=1S/C13H9F2NO3/c1-19-13(18)11-8(5-16-6-10(11)17)7-3-2-4-9(14)12(7)15/h2-6,17H,1H3. The summed E-state index contributed by atoms with van der Waals surface area (Å²) in [6.07, 6.45) is 2.18. The molecule has 0 spiro atoms. The van der Waals surface area contributed by atoms with Crippen molar-refractivity contribution in [2.24, 2.45) is 0 Å². The second kappa shape index (κ2) is 5.01. The number of pyridine rings is 1. The summed E-state index contributed by atoms with van der Waals surface area (Å²) in [6.45, 7) is 0. The van der Waals surface area contributed by atoms with Crippen molar-refractivity contribution in [3.05, 3.63) is 47.8 Å². The van der Waals surface area contributed by atoms with Gasteiger partial charge in [-0.3, -0.25) is 4.98 Å². The summed E-state index contributed by atoms with van der Waals surface area (Å²) in [7, 11) is 1.12. The van der Waals surface area contributed by atoms with Gasteiger partial charge in [-0.15, -0.1) is 0 Å². The summed E-state index contributed by atoms with van der Waals surface area (Å²) in [5.41, 5.74) is -0.477. The van der Waals surface area contributed by atoms with Crippen LogP contribution in [0.15, 0.2) is 30.6 Å². The third-order valence-electron chi connectivity index (χ3n) is 2.56. The van der Waals surface area contributed by atoms with Crippen molar-refractivity contribution in [2.45, 2.75) is 0 Å². The maximum atomic E-state index is 13.7. The quantitative estimate of drug-likeness (QED) is 0.847. The molecule has 0 fully saturated rings. The van der Waals surface area contributed by atoms with E-state index in [9.17, 15) is 18.7 Å². The van der Waals surface area contributed by atoms with Crippen LogP contribution in [0.4, 0.5) is 8.78 Å². The van der Waals surface area contributed by atoms with Crippen LogP contribution < -0.4 is 0 Å². The Morgan fingerprint density at radius 3 is 2.68 bits per heavy atom. The molecule has 4 nitrogen and oxygen atoms in total. The number of benzene rings is 1. The van der Waals surface area contributed by atoms with Crippen LogP contribution in [0, 0.1) is 11.6 Å². The number of halogens is 2. The SMILES string of the molecule is COC(=O)c1c(O)cncc1-c1cccc(F)c1F. The first-order valence-electron chi connectivity index (χ1n) is 5.26. The number of rotatable bonds is 2. The van der Waals surface area contributed by atoms with Crippen molar-refractivity contribution in [1.29, 1.82) is 0 Å². The van der Waals surface area contributed by atoms with E-state index >= 15 is 0 Å². The van der Waals surface area contributed by atoms with E-state index in [0.717, 1.165) is 25.6 Å². The molecule has 0 atom stereocenters. The second-order valence-corrected chi connectivity index (χ2v) is 3.67. The van der Waals surface area contributed by atoms with E-state index in [1.807, 2.05) is 0 Å². The molecule has 0 saturated heterocycles. The summed E-state index contributed by atoms with van der Waals surface area (Å²) in [5, 5.41) is 9.63. The van der Waals surface area contributed by atoms with Gasteiger partial charge < -0.3 is 9.84 Å². The first kappa shape index (κ1) is 12.9. The summed E-state index contributed by atoms with van der Waals surface area (Å²) < 4.78 is 31.4. The highest BCUT2D eigenvalue weighted by molar-refractivity contribution is 5.99. The van der Waals surface area contributed by atoms with Crippen molar-refractivity contribution >= 4 is 5.97 Å². The molecule has 1 aromatic carbocycles. The fourth-order valence-electron chi connectivity index (χ4n) is 1.68. The highest BCUT2D eigenvalue weighted by Crippen LogP contribution is 2.31. The Kier molecular flexibility index (Phi) is 3.41. The number of esters is 1. The molecule has 2 aromatic rings. The van der Waals surface area contributed by atoms with Gasteiger partial charge in [0.2, 0.25) is 0 Å². The lowest BCUT2D eigenvalue weighted by molar-refractivity contribution is 0.0598. The lowest BCUT2D eigenvalue weighted by atomic mass is 10.0. The Morgan fingerprint density at radius 1 is 1.26 bits per heavy atom. The van der Waals surface area contributed by atoms with Gasteiger partial charge in [-0.25, -0.2) is 13.6 Å². The summed E-state index contributed by atoms with van der Waals surface area (Å²) in [5.74, 6) is -3.51. The number of hydrogen-bond donors (Lipinski definition) is 1. The molecule has 0 saturated carbocycles. The average molecular weight is 265 g/mol. The van der Waals surface area contributed by atoms with Gasteiger partial charge in [0.05, 0.1) is 13.3 Å². The number of hydrogen-bond acceptors (Lipinski definition) is 4. The van der Waals surface area contributed by atoms with Crippen LogP contribution in [0.1, 0.15) is 10.4 Å². The second-order valence-electron chi connectivity index (χ2n) is 3.67. The molecule has 0 radical (unpaired) electrons. The monoisotopic (exact) mass is 265 g/mol. The van der Waals surface area contributed by atoms with Gasteiger partial charge in [-0.05, 0) is 6.07 Å². The molecular formula is C13H9F2NO3. The molecule has 19 heavy (non-hydrogen) atoms.